The highest BCUT2D eigenvalue weighted by molar-refractivity contribution is 7.22. The second-order valence-corrected chi connectivity index (χ2v) is 8.91. The normalized spacial score (nSPS) is 14.2. The van der Waals surface area contributed by atoms with Crippen molar-refractivity contribution in [2.45, 2.75) is 12.8 Å². The van der Waals surface area contributed by atoms with Crippen molar-refractivity contribution < 1.29 is 18.6 Å². The van der Waals surface area contributed by atoms with Crippen LogP contribution in [-0.2, 0) is 0 Å². The van der Waals surface area contributed by atoms with Crippen molar-refractivity contribution in [2.75, 3.05) is 45.7 Å². The first-order chi connectivity index (χ1) is 16.1. The Hall–Kier alpha value is -3.17. The molecule has 0 spiro atoms. The Morgan fingerprint density at radius 3 is 2.58 bits per heavy atom. The topological polar surface area (TPSA) is 68.7 Å². The Bertz CT molecular complexity index is 1290. The number of methoxy groups -OCH3 is 2. The van der Waals surface area contributed by atoms with Crippen molar-refractivity contribution in [3.63, 3.8) is 0 Å². The smallest absolute Gasteiger partial charge is 0.183 e. The Kier molecular flexibility index (Phi) is 6.15. The lowest BCUT2D eigenvalue weighted by atomic mass is 10.2. The van der Waals surface area contributed by atoms with Crippen LogP contribution in [0.1, 0.15) is 12.8 Å². The molecule has 7 nitrogen and oxygen atoms in total. The minimum Gasteiger partial charge on any atom is -0.493 e. The van der Waals surface area contributed by atoms with Crippen LogP contribution < -0.4 is 19.5 Å². The molecule has 1 aliphatic rings. The molecule has 2 aromatic carbocycles. The highest BCUT2D eigenvalue weighted by atomic mass is 32.1. The maximum Gasteiger partial charge on any atom is 0.183 e. The van der Waals surface area contributed by atoms with Gasteiger partial charge >= 0.3 is 0 Å². The number of likely N-dealkylation sites (tertiary alicyclic amines) is 1. The van der Waals surface area contributed by atoms with Crippen LogP contribution in [0.2, 0.25) is 0 Å². The van der Waals surface area contributed by atoms with Gasteiger partial charge in [0.15, 0.2) is 28.2 Å². The third kappa shape index (κ3) is 4.51. The number of nitrogens with zero attached hydrogens (tertiary/aromatic N) is 3. The Morgan fingerprint density at radius 2 is 1.79 bits per heavy atom. The standard InChI is InChI=1S/C24H25FN4O3S/c1-30-21-11-15-17(13-22(21)31-2)26-6-5-19(15)32-20-14-23-18(12-16(20)25)28-24(33-23)27-7-10-29-8-3-4-9-29/h5-6,11-14H,3-4,7-10H2,1-2H3,(H,27,28). The van der Waals surface area contributed by atoms with Gasteiger partial charge in [-0.3, -0.25) is 4.98 Å². The maximum absolute atomic E-state index is 14.9. The average Bonchev–Trinajstić information content (AvgIpc) is 3.48. The molecule has 0 amide bonds. The van der Waals surface area contributed by atoms with Crippen LogP contribution in [0.4, 0.5) is 9.52 Å². The molecule has 1 saturated heterocycles. The number of nitrogens with one attached hydrogen (secondary N) is 1. The maximum atomic E-state index is 14.9. The number of aromatic nitrogens is 2. The van der Waals surface area contributed by atoms with Crippen molar-refractivity contribution in [1.82, 2.24) is 14.9 Å². The number of hydrogen-bond acceptors (Lipinski definition) is 8. The van der Waals surface area contributed by atoms with Gasteiger partial charge in [-0.25, -0.2) is 9.37 Å². The van der Waals surface area contributed by atoms with Crippen LogP contribution >= 0.6 is 11.3 Å². The number of hydrogen-bond donors (Lipinski definition) is 1. The fourth-order valence-electron chi connectivity index (χ4n) is 4.07. The monoisotopic (exact) mass is 468 g/mol. The summed E-state index contributed by atoms with van der Waals surface area (Å²) in [4.78, 5) is 11.3. The fourth-order valence-corrected chi connectivity index (χ4v) is 4.97. The molecular weight excluding hydrogens is 443 g/mol. The summed E-state index contributed by atoms with van der Waals surface area (Å²) in [7, 11) is 3.13. The van der Waals surface area contributed by atoms with E-state index in [1.54, 1.807) is 44.7 Å². The summed E-state index contributed by atoms with van der Waals surface area (Å²) in [5, 5.41) is 4.85. The van der Waals surface area contributed by atoms with E-state index in [4.69, 9.17) is 14.2 Å². The van der Waals surface area contributed by atoms with Crippen molar-refractivity contribution in [2.24, 2.45) is 0 Å². The summed E-state index contributed by atoms with van der Waals surface area (Å²) in [5.74, 6) is 1.26. The van der Waals surface area contributed by atoms with Gasteiger partial charge in [-0.1, -0.05) is 11.3 Å². The number of pyridine rings is 1. The summed E-state index contributed by atoms with van der Waals surface area (Å²) in [6.07, 6.45) is 4.17. The number of fused-ring (bicyclic) bond motifs is 2. The number of anilines is 1. The zero-order valence-corrected chi connectivity index (χ0v) is 19.4. The predicted molar refractivity (Wildman–Crippen MR) is 129 cm³/mol. The van der Waals surface area contributed by atoms with Gasteiger partial charge in [0.1, 0.15) is 5.75 Å². The number of ether oxygens (including phenoxy) is 3. The molecule has 9 heteroatoms. The van der Waals surface area contributed by atoms with Crippen LogP contribution in [0.15, 0.2) is 36.5 Å². The zero-order valence-electron chi connectivity index (χ0n) is 18.6. The van der Waals surface area contributed by atoms with Crippen molar-refractivity contribution >= 4 is 37.6 Å². The third-order valence-electron chi connectivity index (χ3n) is 5.77. The molecule has 1 aliphatic heterocycles. The van der Waals surface area contributed by atoms with Crippen molar-refractivity contribution in [1.29, 1.82) is 0 Å². The zero-order chi connectivity index (χ0) is 22.8. The number of thiazole rings is 1. The summed E-state index contributed by atoms with van der Waals surface area (Å²) in [6, 6.07) is 8.36. The number of benzene rings is 2. The predicted octanol–water partition coefficient (Wildman–Crippen LogP) is 5.30. The van der Waals surface area contributed by atoms with Gasteiger partial charge in [-0.05, 0) is 38.1 Å². The molecule has 0 bridgehead atoms. The number of halogens is 1. The van der Waals surface area contributed by atoms with Crippen molar-refractivity contribution in [3.05, 3.63) is 42.3 Å². The van der Waals surface area contributed by atoms with Crippen LogP contribution in [-0.4, -0.2) is 55.3 Å². The minimum absolute atomic E-state index is 0.136. The summed E-state index contributed by atoms with van der Waals surface area (Å²) in [5.41, 5.74) is 1.27. The van der Waals surface area contributed by atoms with Gasteiger partial charge in [0, 0.05) is 42.9 Å². The fraction of sp³-hybridized carbons (Fsp3) is 0.333. The molecule has 2 aromatic heterocycles. The lowest BCUT2D eigenvalue weighted by Gasteiger charge is -2.13. The van der Waals surface area contributed by atoms with Crippen LogP contribution in [0.5, 0.6) is 23.0 Å². The van der Waals surface area contributed by atoms with Crippen molar-refractivity contribution in [3.8, 4) is 23.0 Å². The van der Waals surface area contributed by atoms with Crippen LogP contribution in [0.25, 0.3) is 21.1 Å². The van der Waals surface area contributed by atoms with E-state index in [1.165, 1.54) is 30.2 Å². The van der Waals surface area contributed by atoms with Gasteiger partial charge < -0.3 is 24.4 Å². The third-order valence-corrected chi connectivity index (χ3v) is 6.75. The van der Waals surface area contributed by atoms with E-state index in [0.717, 1.165) is 36.0 Å². The van der Waals surface area contributed by atoms with Gasteiger partial charge in [0.05, 0.1) is 30.0 Å². The molecule has 5 rings (SSSR count). The first-order valence-electron chi connectivity index (χ1n) is 10.9. The summed E-state index contributed by atoms with van der Waals surface area (Å²) >= 11 is 1.49. The highest BCUT2D eigenvalue weighted by Gasteiger charge is 2.16. The molecule has 0 saturated carbocycles. The highest BCUT2D eigenvalue weighted by Crippen LogP contribution is 2.39. The van der Waals surface area contributed by atoms with E-state index in [1.807, 2.05) is 0 Å². The average molecular weight is 469 g/mol. The van der Waals surface area contributed by atoms with E-state index < -0.39 is 5.82 Å². The quantitative estimate of drug-likeness (QED) is 0.376. The first-order valence-corrected chi connectivity index (χ1v) is 11.7. The van der Waals surface area contributed by atoms with Crippen LogP contribution in [0, 0.1) is 5.82 Å². The molecule has 1 N–H and O–H groups in total. The Balaban J connectivity index is 1.39. The van der Waals surface area contributed by atoms with Gasteiger partial charge in [0.2, 0.25) is 0 Å². The first kappa shape index (κ1) is 21.7. The molecule has 3 heterocycles. The Labute approximate surface area is 195 Å². The molecule has 0 radical (unpaired) electrons. The summed E-state index contributed by atoms with van der Waals surface area (Å²) < 4.78 is 32.5. The second-order valence-electron chi connectivity index (χ2n) is 7.88. The SMILES string of the molecule is COc1cc2nccc(Oc3cc4sc(NCCN5CCCC5)nc4cc3F)c2cc1OC. The molecule has 0 unspecified atom stereocenters. The van der Waals surface area contributed by atoms with E-state index in [0.29, 0.717) is 33.7 Å². The lowest BCUT2D eigenvalue weighted by molar-refractivity contribution is 0.352. The van der Waals surface area contributed by atoms with Gasteiger partial charge in [-0.15, -0.1) is 0 Å². The lowest BCUT2D eigenvalue weighted by Crippen LogP contribution is -2.25. The van der Waals surface area contributed by atoms with E-state index in [2.05, 4.69) is 20.2 Å². The van der Waals surface area contributed by atoms with E-state index >= 15 is 0 Å². The molecule has 33 heavy (non-hydrogen) atoms. The largest absolute Gasteiger partial charge is 0.493 e. The van der Waals surface area contributed by atoms with Crippen LogP contribution in [0.3, 0.4) is 0 Å². The van der Waals surface area contributed by atoms with Gasteiger partial charge in [-0.2, -0.15) is 0 Å². The van der Waals surface area contributed by atoms with E-state index in [9.17, 15) is 4.39 Å². The summed E-state index contributed by atoms with van der Waals surface area (Å²) in [6.45, 7) is 4.13. The van der Waals surface area contributed by atoms with Gasteiger partial charge in [0.25, 0.3) is 0 Å². The Morgan fingerprint density at radius 1 is 1.00 bits per heavy atom. The minimum atomic E-state index is -0.471. The number of rotatable bonds is 8. The molecule has 0 aliphatic carbocycles. The van der Waals surface area contributed by atoms with E-state index in [-0.39, 0.29) is 5.75 Å². The second kappa shape index (κ2) is 9.36. The molecule has 172 valence electrons. The molecule has 4 aromatic rings. The molecular formula is C24H25FN4O3S. The molecule has 0 atom stereocenters. The molecule has 1 fully saturated rings.